The van der Waals surface area contributed by atoms with Crippen molar-refractivity contribution in [3.8, 4) is 5.88 Å². The van der Waals surface area contributed by atoms with Gasteiger partial charge < -0.3 is 4.74 Å². The zero-order chi connectivity index (χ0) is 9.97. The molecule has 1 aliphatic rings. The smallest absolute Gasteiger partial charge is 0.213 e. The molecule has 0 unspecified atom stereocenters. The van der Waals surface area contributed by atoms with E-state index in [2.05, 4.69) is 11.1 Å². The number of methoxy groups -OCH3 is 1. The van der Waals surface area contributed by atoms with Gasteiger partial charge in [0.1, 0.15) is 0 Å². The molecule has 0 aliphatic carbocycles. The topological polar surface area (TPSA) is 51.4 Å². The van der Waals surface area contributed by atoms with E-state index in [1.165, 1.54) is 5.56 Å². The third-order valence-corrected chi connectivity index (χ3v) is 2.56. The first-order valence-corrected chi connectivity index (χ1v) is 4.82. The monoisotopic (exact) mass is 193 g/mol. The molecule has 4 heteroatoms. The first-order chi connectivity index (χ1) is 6.79. The summed E-state index contributed by atoms with van der Waals surface area (Å²) in [6.45, 7) is 1.77. The van der Waals surface area contributed by atoms with E-state index >= 15 is 0 Å². The first kappa shape index (κ1) is 9.43. The normalized spacial score (nSPS) is 17.3. The Morgan fingerprint density at radius 2 is 2.14 bits per heavy atom. The fourth-order valence-electron chi connectivity index (χ4n) is 1.69. The summed E-state index contributed by atoms with van der Waals surface area (Å²) in [5.41, 5.74) is 2.41. The Kier molecular flexibility index (Phi) is 2.65. The van der Waals surface area contributed by atoms with Crippen LogP contribution in [0.5, 0.6) is 5.88 Å². The van der Waals surface area contributed by atoms with E-state index in [9.17, 15) is 0 Å². The van der Waals surface area contributed by atoms with Gasteiger partial charge in [-0.2, -0.15) is 0 Å². The fourth-order valence-corrected chi connectivity index (χ4v) is 1.69. The maximum absolute atomic E-state index is 5.76. The summed E-state index contributed by atoms with van der Waals surface area (Å²) in [7, 11) is 1.64. The van der Waals surface area contributed by atoms with Gasteiger partial charge in [-0.05, 0) is 12.0 Å². The zero-order valence-corrected chi connectivity index (χ0v) is 8.36. The molecule has 4 nitrogen and oxygen atoms in total. The molecule has 0 spiro atoms. The predicted molar refractivity (Wildman–Crippen MR) is 54.0 cm³/mol. The molecule has 2 rings (SSSR count). The van der Waals surface area contributed by atoms with Crippen LogP contribution in [0, 0.1) is 0 Å². The van der Waals surface area contributed by atoms with E-state index in [1.807, 2.05) is 11.1 Å². The van der Waals surface area contributed by atoms with Crippen LogP contribution in [0.4, 0.5) is 0 Å². The summed E-state index contributed by atoms with van der Waals surface area (Å²) in [5, 5.41) is 1.84. The van der Waals surface area contributed by atoms with Crippen LogP contribution in [0.15, 0.2) is 12.1 Å². The molecule has 0 aromatic carbocycles. The van der Waals surface area contributed by atoms with Gasteiger partial charge in [0, 0.05) is 31.3 Å². The van der Waals surface area contributed by atoms with Gasteiger partial charge in [-0.25, -0.2) is 9.99 Å². The molecule has 1 aromatic heterocycles. The quantitative estimate of drug-likeness (QED) is 0.654. The molecule has 0 bridgehead atoms. The van der Waals surface area contributed by atoms with E-state index in [-0.39, 0.29) is 0 Å². The number of hydrogen-bond acceptors (Lipinski definition) is 4. The molecule has 14 heavy (non-hydrogen) atoms. The Morgan fingerprint density at radius 3 is 2.93 bits per heavy atom. The van der Waals surface area contributed by atoms with Crippen molar-refractivity contribution in [2.45, 2.75) is 12.8 Å². The van der Waals surface area contributed by atoms with Crippen LogP contribution < -0.4 is 10.6 Å². The minimum absolute atomic E-state index is 0.689. The molecule has 0 fully saturated rings. The molecular formula is C10H15N3O. The van der Waals surface area contributed by atoms with Gasteiger partial charge in [0.15, 0.2) is 0 Å². The molecule has 0 saturated carbocycles. The Hall–Kier alpha value is -1.13. The number of hydrazine groups is 1. The summed E-state index contributed by atoms with van der Waals surface area (Å²) in [5.74, 6) is 6.45. The van der Waals surface area contributed by atoms with Crippen molar-refractivity contribution in [1.29, 1.82) is 0 Å². The minimum Gasteiger partial charge on any atom is -0.481 e. The second kappa shape index (κ2) is 3.94. The molecule has 0 amide bonds. The number of nitrogens with two attached hydrogens (primary N) is 1. The van der Waals surface area contributed by atoms with Crippen molar-refractivity contribution in [2.75, 3.05) is 20.2 Å². The summed E-state index contributed by atoms with van der Waals surface area (Å²) >= 11 is 0. The largest absolute Gasteiger partial charge is 0.481 e. The lowest BCUT2D eigenvalue weighted by Crippen LogP contribution is -2.33. The molecular weight excluding hydrogens is 178 g/mol. The van der Waals surface area contributed by atoms with E-state index in [4.69, 9.17) is 10.6 Å². The predicted octanol–water partition coefficient (Wildman–Crippen LogP) is 0.364. The number of ether oxygens (including phenoxy) is 1. The van der Waals surface area contributed by atoms with Gasteiger partial charge in [-0.15, -0.1) is 0 Å². The van der Waals surface area contributed by atoms with Crippen LogP contribution in [0.25, 0.3) is 0 Å². The summed E-state index contributed by atoms with van der Waals surface area (Å²) < 4.78 is 5.09. The first-order valence-electron chi connectivity index (χ1n) is 4.82. The van der Waals surface area contributed by atoms with Crippen LogP contribution >= 0.6 is 0 Å². The van der Waals surface area contributed by atoms with Crippen molar-refractivity contribution >= 4 is 0 Å². The molecule has 0 atom stereocenters. The molecule has 1 aromatic rings. The molecule has 0 saturated heterocycles. The van der Waals surface area contributed by atoms with Gasteiger partial charge in [-0.3, -0.25) is 5.84 Å². The van der Waals surface area contributed by atoms with Gasteiger partial charge >= 0.3 is 0 Å². The maximum Gasteiger partial charge on any atom is 0.213 e. The second-order valence-corrected chi connectivity index (χ2v) is 3.50. The van der Waals surface area contributed by atoms with Gasteiger partial charge in [0.05, 0.1) is 7.11 Å². The highest BCUT2D eigenvalue weighted by Gasteiger charge is 2.12. The number of pyridine rings is 1. The lowest BCUT2D eigenvalue weighted by molar-refractivity contribution is 0.298. The highest BCUT2D eigenvalue weighted by Crippen LogP contribution is 2.16. The lowest BCUT2D eigenvalue weighted by atomic mass is 10.1. The Balaban J connectivity index is 2.27. The number of nitrogens with zero attached hydrogens (tertiary/aromatic N) is 2. The van der Waals surface area contributed by atoms with E-state index < -0.39 is 0 Å². The van der Waals surface area contributed by atoms with Crippen LogP contribution in [0.2, 0.25) is 0 Å². The highest BCUT2D eigenvalue weighted by molar-refractivity contribution is 5.27. The van der Waals surface area contributed by atoms with Gasteiger partial charge in [0.2, 0.25) is 5.88 Å². The molecule has 2 N–H and O–H groups in total. The average molecular weight is 193 g/mol. The van der Waals surface area contributed by atoms with Gasteiger partial charge in [0.25, 0.3) is 0 Å². The Bertz CT molecular complexity index is 327. The molecule has 0 radical (unpaired) electrons. The van der Waals surface area contributed by atoms with Gasteiger partial charge in [-0.1, -0.05) is 6.07 Å². The minimum atomic E-state index is 0.689. The van der Waals surface area contributed by atoms with Crippen LogP contribution in [0.3, 0.4) is 0 Å². The average Bonchev–Trinajstić information content (AvgIpc) is 2.40. The van der Waals surface area contributed by atoms with Crippen LogP contribution in [-0.4, -0.2) is 30.2 Å². The number of hydrogen-bond donors (Lipinski definition) is 1. The molecule has 2 heterocycles. The SMILES string of the molecule is COc1ccc2c(n1)CCN(N)CC2. The zero-order valence-electron chi connectivity index (χ0n) is 8.36. The van der Waals surface area contributed by atoms with E-state index in [0.717, 1.165) is 31.6 Å². The number of fused-ring (bicyclic) bond motifs is 1. The highest BCUT2D eigenvalue weighted by atomic mass is 16.5. The third-order valence-electron chi connectivity index (χ3n) is 2.56. The standard InChI is InChI=1S/C10H15N3O/c1-14-10-3-2-8-4-6-13(11)7-5-9(8)12-10/h2-3H,4-7,11H2,1H3. The van der Waals surface area contributed by atoms with E-state index in [0.29, 0.717) is 5.88 Å². The summed E-state index contributed by atoms with van der Waals surface area (Å²) in [4.78, 5) is 4.42. The summed E-state index contributed by atoms with van der Waals surface area (Å²) in [6, 6.07) is 3.99. The van der Waals surface area contributed by atoms with Crippen molar-refractivity contribution in [3.05, 3.63) is 23.4 Å². The van der Waals surface area contributed by atoms with Crippen LogP contribution in [0.1, 0.15) is 11.3 Å². The summed E-state index contributed by atoms with van der Waals surface area (Å²) in [6.07, 6.45) is 1.88. The number of aromatic nitrogens is 1. The second-order valence-electron chi connectivity index (χ2n) is 3.50. The third kappa shape index (κ3) is 1.86. The Labute approximate surface area is 83.7 Å². The lowest BCUT2D eigenvalue weighted by Gasteiger charge is -2.10. The van der Waals surface area contributed by atoms with Crippen LogP contribution in [-0.2, 0) is 12.8 Å². The fraction of sp³-hybridized carbons (Fsp3) is 0.500. The molecule has 1 aliphatic heterocycles. The van der Waals surface area contributed by atoms with Crippen molar-refractivity contribution in [3.63, 3.8) is 0 Å². The number of rotatable bonds is 1. The van der Waals surface area contributed by atoms with Crippen molar-refractivity contribution in [2.24, 2.45) is 5.84 Å². The van der Waals surface area contributed by atoms with Crippen molar-refractivity contribution < 1.29 is 4.74 Å². The van der Waals surface area contributed by atoms with Crippen molar-refractivity contribution in [1.82, 2.24) is 9.99 Å². The maximum atomic E-state index is 5.76. The molecule has 76 valence electrons. The van der Waals surface area contributed by atoms with E-state index in [1.54, 1.807) is 7.11 Å². The Morgan fingerprint density at radius 1 is 1.36 bits per heavy atom.